The second-order valence-electron chi connectivity index (χ2n) is 4.67. The molecule has 120 valence electrons. The number of nitrogens with one attached hydrogen (secondary N) is 1. The maximum Gasteiger partial charge on any atom is 0.330 e. The molecular formula is C12H14BrN3O6. The van der Waals surface area contributed by atoms with Gasteiger partial charge in [0.15, 0.2) is 6.23 Å². The normalized spacial score (nSPS) is 28.3. The second-order valence-corrected chi connectivity index (χ2v) is 5.73. The lowest BCUT2D eigenvalue weighted by atomic mass is 10.2. The van der Waals surface area contributed by atoms with E-state index < -0.39 is 40.4 Å². The van der Waals surface area contributed by atoms with Gasteiger partial charge in [-0.05, 0) is 6.08 Å². The van der Waals surface area contributed by atoms with E-state index in [2.05, 4.69) is 20.9 Å². The van der Waals surface area contributed by atoms with Crippen LogP contribution in [0.4, 0.5) is 0 Å². The van der Waals surface area contributed by atoms with Gasteiger partial charge >= 0.3 is 5.69 Å². The van der Waals surface area contributed by atoms with Crippen LogP contribution in [0.2, 0.25) is 0 Å². The van der Waals surface area contributed by atoms with Crippen molar-refractivity contribution in [3.05, 3.63) is 38.7 Å². The highest BCUT2D eigenvalue weighted by molar-refractivity contribution is 9.09. The van der Waals surface area contributed by atoms with Gasteiger partial charge < -0.3 is 20.7 Å². The van der Waals surface area contributed by atoms with E-state index in [1.807, 2.05) is 0 Å². The Hall–Kier alpha value is -1.75. The molecule has 0 aromatic carbocycles. The van der Waals surface area contributed by atoms with Gasteiger partial charge in [0, 0.05) is 12.3 Å². The summed E-state index contributed by atoms with van der Waals surface area (Å²) in [5.74, 6) is -0.754. The van der Waals surface area contributed by atoms with Gasteiger partial charge in [-0.3, -0.25) is 19.1 Å². The van der Waals surface area contributed by atoms with Gasteiger partial charge in [0.05, 0.1) is 23.1 Å². The van der Waals surface area contributed by atoms with E-state index in [0.29, 0.717) is 0 Å². The Morgan fingerprint density at radius 2 is 2.23 bits per heavy atom. The summed E-state index contributed by atoms with van der Waals surface area (Å²) in [6, 6.07) is 0. The Labute approximate surface area is 132 Å². The average molecular weight is 376 g/mol. The van der Waals surface area contributed by atoms with E-state index in [-0.39, 0.29) is 12.2 Å². The summed E-state index contributed by atoms with van der Waals surface area (Å²) in [5, 5.41) is 19.2. The van der Waals surface area contributed by atoms with Crippen LogP contribution in [0.15, 0.2) is 21.9 Å². The number of ether oxygens (including phenoxy) is 1. The number of hydrogen-bond acceptors (Lipinski definition) is 6. The number of primary amides is 1. The predicted octanol–water partition coefficient (Wildman–Crippen LogP) is -1.95. The topological polar surface area (TPSA) is 148 Å². The van der Waals surface area contributed by atoms with E-state index in [4.69, 9.17) is 15.6 Å². The Morgan fingerprint density at radius 1 is 1.55 bits per heavy atom. The standard InChI is InChI=1S/C12H14BrN3O6/c13-8-6(4-17)22-11(9(8)19)16-3-5(1-2-7(14)18)10(20)15-12(16)21/h1-3,6,8-9,11,17,19H,4H2,(H2,14,18)(H,15,20,21)/b2-1+/t6-,8+,9-,11-/m1/s1. The number of alkyl halides is 1. The molecule has 22 heavy (non-hydrogen) atoms. The molecule has 0 spiro atoms. The van der Waals surface area contributed by atoms with Crippen molar-refractivity contribution in [1.29, 1.82) is 0 Å². The molecule has 1 aliphatic rings. The predicted molar refractivity (Wildman–Crippen MR) is 79.3 cm³/mol. The van der Waals surface area contributed by atoms with Crippen LogP contribution in [0.3, 0.4) is 0 Å². The fraction of sp³-hybridized carbons (Fsp3) is 0.417. The van der Waals surface area contributed by atoms with Crippen molar-refractivity contribution in [2.45, 2.75) is 23.3 Å². The molecule has 5 N–H and O–H groups in total. The first kappa shape index (κ1) is 16.6. The SMILES string of the molecule is NC(=O)/C=C/c1cn([C@@H]2O[C@H](CO)[C@H](Br)[C@H]2O)c(=O)[nH]c1=O. The first-order chi connectivity index (χ1) is 10.3. The van der Waals surface area contributed by atoms with Crippen molar-refractivity contribution in [3.8, 4) is 0 Å². The molecule has 4 atom stereocenters. The number of halogens is 1. The number of aromatic nitrogens is 2. The number of aromatic amines is 1. The molecule has 1 amide bonds. The molecular weight excluding hydrogens is 362 g/mol. The Kier molecular flexibility index (Phi) is 4.96. The molecule has 10 heteroatoms. The van der Waals surface area contributed by atoms with Crippen LogP contribution >= 0.6 is 15.9 Å². The largest absolute Gasteiger partial charge is 0.394 e. The van der Waals surface area contributed by atoms with Gasteiger partial charge in [0.25, 0.3) is 5.56 Å². The van der Waals surface area contributed by atoms with Crippen LogP contribution in [0.1, 0.15) is 11.8 Å². The van der Waals surface area contributed by atoms with E-state index in [9.17, 15) is 19.5 Å². The summed E-state index contributed by atoms with van der Waals surface area (Å²) >= 11 is 3.18. The number of nitrogens with two attached hydrogens (primary N) is 1. The number of carbonyl (C=O) groups is 1. The Balaban J connectivity index is 2.44. The number of H-pyrrole nitrogens is 1. The van der Waals surface area contributed by atoms with E-state index >= 15 is 0 Å². The van der Waals surface area contributed by atoms with Crippen molar-refractivity contribution in [3.63, 3.8) is 0 Å². The molecule has 1 aromatic heterocycles. The number of hydrogen-bond donors (Lipinski definition) is 4. The quantitative estimate of drug-likeness (QED) is 0.355. The summed E-state index contributed by atoms with van der Waals surface area (Å²) in [4.78, 5) is 35.8. The fourth-order valence-electron chi connectivity index (χ4n) is 2.07. The summed E-state index contributed by atoms with van der Waals surface area (Å²) in [5.41, 5.74) is 3.45. The average Bonchev–Trinajstić information content (AvgIpc) is 2.74. The van der Waals surface area contributed by atoms with Crippen molar-refractivity contribution in [1.82, 2.24) is 9.55 Å². The molecule has 2 heterocycles. The minimum atomic E-state index is -1.12. The molecule has 0 saturated carbocycles. The van der Waals surface area contributed by atoms with E-state index in [0.717, 1.165) is 22.9 Å². The van der Waals surface area contributed by atoms with Crippen LogP contribution in [0.5, 0.6) is 0 Å². The number of amides is 1. The molecule has 0 unspecified atom stereocenters. The molecule has 1 aliphatic heterocycles. The maximum absolute atomic E-state index is 11.9. The first-order valence-electron chi connectivity index (χ1n) is 6.26. The van der Waals surface area contributed by atoms with Gasteiger partial charge in [-0.25, -0.2) is 4.79 Å². The highest BCUT2D eigenvalue weighted by Gasteiger charge is 2.43. The number of aliphatic hydroxyl groups excluding tert-OH is 2. The summed E-state index contributed by atoms with van der Waals surface area (Å²) in [6.45, 7) is -0.351. The van der Waals surface area contributed by atoms with Gasteiger partial charge in [-0.15, -0.1) is 0 Å². The third-order valence-electron chi connectivity index (χ3n) is 3.16. The number of rotatable bonds is 4. The Morgan fingerprint density at radius 3 is 2.77 bits per heavy atom. The van der Waals surface area contributed by atoms with Crippen molar-refractivity contribution < 1.29 is 19.7 Å². The molecule has 1 aromatic rings. The van der Waals surface area contributed by atoms with Crippen LogP contribution in [0, 0.1) is 0 Å². The third-order valence-corrected chi connectivity index (χ3v) is 4.30. The number of carbonyl (C=O) groups excluding carboxylic acids is 1. The lowest BCUT2D eigenvalue weighted by molar-refractivity contribution is -0.113. The van der Waals surface area contributed by atoms with Crippen molar-refractivity contribution in [2.75, 3.05) is 6.61 Å². The molecule has 2 rings (SSSR count). The van der Waals surface area contributed by atoms with Crippen LogP contribution in [-0.2, 0) is 9.53 Å². The number of aliphatic hydroxyl groups is 2. The smallest absolute Gasteiger partial charge is 0.330 e. The summed E-state index contributed by atoms with van der Waals surface area (Å²) in [7, 11) is 0. The zero-order valence-electron chi connectivity index (χ0n) is 11.2. The van der Waals surface area contributed by atoms with Gasteiger partial charge in [0.1, 0.15) is 6.10 Å². The minimum Gasteiger partial charge on any atom is -0.394 e. The maximum atomic E-state index is 11.9. The summed E-state index contributed by atoms with van der Waals surface area (Å²) in [6.07, 6.45) is 0.347. The zero-order valence-corrected chi connectivity index (χ0v) is 12.8. The lowest BCUT2D eigenvalue weighted by Crippen LogP contribution is -2.37. The lowest BCUT2D eigenvalue weighted by Gasteiger charge is -2.17. The first-order valence-corrected chi connectivity index (χ1v) is 7.18. The molecule has 0 bridgehead atoms. The van der Waals surface area contributed by atoms with Crippen molar-refractivity contribution in [2.24, 2.45) is 5.73 Å². The third kappa shape index (κ3) is 3.19. The fourth-order valence-corrected chi connectivity index (χ4v) is 2.62. The highest BCUT2D eigenvalue weighted by Crippen LogP contribution is 2.32. The zero-order chi connectivity index (χ0) is 16.4. The minimum absolute atomic E-state index is 0.00669. The molecule has 0 aliphatic carbocycles. The molecule has 0 radical (unpaired) electrons. The van der Waals surface area contributed by atoms with Crippen molar-refractivity contribution >= 4 is 27.9 Å². The highest BCUT2D eigenvalue weighted by atomic mass is 79.9. The number of nitrogens with zero attached hydrogens (tertiary/aromatic N) is 1. The monoisotopic (exact) mass is 375 g/mol. The Bertz CT molecular complexity index is 712. The summed E-state index contributed by atoms with van der Waals surface area (Å²) < 4.78 is 6.38. The van der Waals surface area contributed by atoms with E-state index in [1.165, 1.54) is 0 Å². The molecule has 9 nitrogen and oxygen atoms in total. The van der Waals surface area contributed by atoms with Gasteiger partial charge in [-0.2, -0.15) is 0 Å². The van der Waals surface area contributed by atoms with Crippen LogP contribution in [0.25, 0.3) is 6.08 Å². The van der Waals surface area contributed by atoms with Crippen LogP contribution in [-0.4, -0.2) is 49.3 Å². The molecule has 1 fully saturated rings. The second kappa shape index (κ2) is 6.57. The van der Waals surface area contributed by atoms with Gasteiger partial charge in [0.2, 0.25) is 5.91 Å². The molecule has 1 saturated heterocycles. The van der Waals surface area contributed by atoms with E-state index in [1.54, 1.807) is 0 Å². The van der Waals surface area contributed by atoms with Gasteiger partial charge in [-0.1, -0.05) is 15.9 Å². The van der Waals surface area contributed by atoms with Crippen LogP contribution < -0.4 is 17.0 Å².